The van der Waals surface area contributed by atoms with Gasteiger partial charge in [0.2, 0.25) is 5.91 Å². The first-order chi connectivity index (χ1) is 19.3. The van der Waals surface area contributed by atoms with Crippen LogP contribution in [-0.4, -0.2) is 58.6 Å². The third-order valence-electron chi connectivity index (χ3n) is 7.00. The van der Waals surface area contributed by atoms with Gasteiger partial charge in [0, 0.05) is 31.7 Å². The van der Waals surface area contributed by atoms with Gasteiger partial charge in [-0.05, 0) is 69.4 Å². The molecule has 10 nitrogen and oxygen atoms in total. The lowest BCUT2D eigenvalue weighted by Crippen LogP contribution is -2.22. The van der Waals surface area contributed by atoms with Gasteiger partial charge in [0.15, 0.2) is 0 Å². The van der Waals surface area contributed by atoms with Crippen LogP contribution in [0.4, 0.5) is 0 Å². The number of unbranched alkanes of at least 4 members (excludes halogenated alkanes) is 2. The molecule has 0 spiro atoms. The highest BCUT2D eigenvalue weighted by atomic mass is 16.9. The summed E-state index contributed by atoms with van der Waals surface area (Å²) in [6.45, 7) is 2.45. The highest BCUT2D eigenvalue weighted by molar-refractivity contribution is 5.75. The van der Waals surface area contributed by atoms with Gasteiger partial charge < -0.3 is 25.1 Å². The van der Waals surface area contributed by atoms with Crippen LogP contribution in [0.15, 0.2) is 54.6 Å². The van der Waals surface area contributed by atoms with Crippen LogP contribution in [0.1, 0.15) is 70.3 Å². The topological polar surface area (TPSA) is 148 Å². The third kappa shape index (κ3) is 13.2. The molecule has 1 aromatic carbocycles. The molecule has 40 heavy (non-hydrogen) atoms. The van der Waals surface area contributed by atoms with E-state index in [4.69, 9.17) is 4.74 Å². The number of carbonyl (C=O) groups is 2. The fourth-order valence-electron chi connectivity index (χ4n) is 4.88. The quantitative estimate of drug-likeness (QED) is 0.0754. The van der Waals surface area contributed by atoms with Crippen molar-refractivity contribution in [1.29, 1.82) is 0 Å². The van der Waals surface area contributed by atoms with Crippen LogP contribution >= 0.6 is 0 Å². The van der Waals surface area contributed by atoms with Gasteiger partial charge in [0.25, 0.3) is 5.09 Å². The highest BCUT2D eigenvalue weighted by Crippen LogP contribution is 2.36. The molecule has 0 unspecified atom stereocenters. The summed E-state index contributed by atoms with van der Waals surface area (Å²) in [6.07, 6.45) is 10.8. The summed E-state index contributed by atoms with van der Waals surface area (Å²) in [6, 6.07) is 9.86. The van der Waals surface area contributed by atoms with Gasteiger partial charge in [-0.1, -0.05) is 48.6 Å². The number of aliphatic hydroxyl groups is 2. The molecular formula is C30H44N2O8. The van der Waals surface area contributed by atoms with Gasteiger partial charge >= 0.3 is 5.97 Å². The lowest BCUT2D eigenvalue weighted by atomic mass is 9.89. The Bertz CT molecular complexity index is 952. The van der Waals surface area contributed by atoms with Crippen LogP contribution < -0.4 is 5.32 Å². The fraction of sp³-hybridized carbons (Fsp3) is 0.600. The van der Waals surface area contributed by atoms with E-state index in [0.717, 1.165) is 18.4 Å². The van der Waals surface area contributed by atoms with Crippen molar-refractivity contribution >= 4 is 11.9 Å². The van der Waals surface area contributed by atoms with E-state index in [-0.39, 0.29) is 37.2 Å². The SMILES string of the molecule is CCNC(=O)CCCC=CC[C@@H]1[C@@H](C=C[C@H](CCc2ccccc2)OC(=O)CCCCO[N+](=O)[O-])[C@H](O)C[C@@H]1O. The zero-order chi connectivity index (χ0) is 29.2. The number of benzene rings is 1. The predicted molar refractivity (Wildman–Crippen MR) is 150 cm³/mol. The Hall–Kier alpha value is -3.24. The molecule has 1 aliphatic rings. The second-order valence-corrected chi connectivity index (χ2v) is 10.1. The van der Waals surface area contributed by atoms with Crippen molar-refractivity contribution in [3.05, 3.63) is 70.3 Å². The van der Waals surface area contributed by atoms with E-state index in [1.807, 2.05) is 61.6 Å². The first kappa shape index (κ1) is 33.0. The zero-order valence-corrected chi connectivity index (χ0v) is 23.4. The number of aliphatic hydroxyl groups excluding tert-OH is 2. The van der Waals surface area contributed by atoms with Crippen molar-refractivity contribution in [1.82, 2.24) is 5.32 Å². The van der Waals surface area contributed by atoms with Crippen molar-refractivity contribution in [2.24, 2.45) is 11.8 Å². The van der Waals surface area contributed by atoms with Gasteiger partial charge in [-0.2, -0.15) is 0 Å². The molecule has 1 amide bonds. The molecule has 2 rings (SSSR count). The van der Waals surface area contributed by atoms with Gasteiger partial charge in [-0.15, -0.1) is 10.1 Å². The molecule has 5 atom stereocenters. The van der Waals surface area contributed by atoms with Gasteiger partial charge in [0.05, 0.1) is 18.8 Å². The Kier molecular flexibility index (Phi) is 15.6. The van der Waals surface area contributed by atoms with E-state index in [1.165, 1.54) is 0 Å². The molecule has 1 fully saturated rings. The number of nitrogens with zero attached hydrogens (tertiary/aromatic N) is 1. The second kappa shape index (κ2) is 18.9. The number of ether oxygens (including phenoxy) is 1. The van der Waals surface area contributed by atoms with E-state index in [0.29, 0.717) is 45.1 Å². The standard InChI is InChI=1S/C30H44N2O8/c1-2-31-29(35)15-9-4-3-8-14-25-26(28(34)22-27(25)33)20-19-24(18-17-23-12-6-5-7-13-23)40-30(36)16-10-11-21-39-32(37)38/h3,5-8,12-13,19-20,24-28,33-34H,2,4,9-11,14-18,21-22H2,1H3,(H,31,35)/t24-,25+,26+,27-,28+/m0/s1. The Morgan fingerprint density at radius 1 is 1.12 bits per heavy atom. The average Bonchev–Trinajstić information content (AvgIpc) is 3.19. The molecule has 0 saturated heterocycles. The number of hydrogen-bond acceptors (Lipinski definition) is 8. The van der Waals surface area contributed by atoms with E-state index in [1.54, 1.807) is 0 Å². The fourth-order valence-corrected chi connectivity index (χ4v) is 4.88. The summed E-state index contributed by atoms with van der Waals surface area (Å²) >= 11 is 0. The summed E-state index contributed by atoms with van der Waals surface area (Å²) < 4.78 is 5.73. The van der Waals surface area contributed by atoms with Crippen LogP contribution in [0.3, 0.4) is 0 Å². The van der Waals surface area contributed by atoms with E-state index >= 15 is 0 Å². The lowest BCUT2D eigenvalue weighted by molar-refractivity contribution is -0.757. The number of esters is 1. The minimum atomic E-state index is -0.852. The van der Waals surface area contributed by atoms with Crippen molar-refractivity contribution < 1.29 is 34.5 Å². The van der Waals surface area contributed by atoms with Gasteiger partial charge in [0.1, 0.15) is 6.10 Å². The number of rotatable bonds is 19. The van der Waals surface area contributed by atoms with Crippen LogP contribution in [0, 0.1) is 22.0 Å². The maximum absolute atomic E-state index is 12.5. The number of hydrogen-bond donors (Lipinski definition) is 3. The molecule has 1 saturated carbocycles. The minimum absolute atomic E-state index is 0.0433. The van der Waals surface area contributed by atoms with E-state index < -0.39 is 29.4 Å². The summed E-state index contributed by atoms with van der Waals surface area (Å²) in [4.78, 5) is 38.6. The second-order valence-electron chi connectivity index (χ2n) is 10.1. The first-order valence-corrected chi connectivity index (χ1v) is 14.3. The molecule has 0 bridgehead atoms. The molecule has 0 aromatic heterocycles. The molecule has 0 aliphatic heterocycles. The van der Waals surface area contributed by atoms with Crippen LogP contribution in [0.2, 0.25) is 0 Å². The minimum Gasteiger partial charge on any atom is -0.458 e. The first-order valence-electron chi connectivity index (χ1n) is 14.3. The van der Waals surface area contributed by atoms with Crippen LogP contribution in [-0.2, 0) is 25.6 Å². The summed E-state index contributed by atoms with van der Waals surface area (Å²) in [5, 5.41) is 33.4. The van der Waals surface area contributed by atoms with E-state index in [2.05, 4.69) is 10.2 Å². The molecule has 1 aromatic rings. The summed E-state index contributed by atoms with van der Waals surface area (Å²) in [5.74, 6) is -0.810. The summed E-state index contributed by atoms with van der Waals surface area (Å²) in [7, 11) is 0. The smallest absolute Gasteiger partial charge is 0.306 e. The lowest BCUT2D eigenvalue weighted by Gasteiger charge is -2.21. The van der Waals surface area contributed by atoms with Crippen LogP contribution in [0.5, 0.6) is 0 Å². The number of nitrogens with one attached hydrogen (secondary N) is 1. The maximum Gasteiger partial charge on any atom is 0.306 e. The zero-order valence-electron chi connectivity index (χ0n) is 23.4. The van der Waals surface area contributed by atoms with Gasteiger partial charge in [-0.25, -0.2) is 0 Å². The molecule has 1 aliphatic carbocycles. The van der Waals surface area contributed by atoms with E-state index in [9.17, 15) is 29.9 Å². The van der Waals surface area contributed by atoms with Crippen molar-refractivity contribution in [2.75, 3.05) is 13.2 Å². The average molecular weight is 561 g/mol. The molecule has 222 valence electrons. The molecule has 0 heterocycles. The Labute approximate surface area is 236 Å². The Morgan fingerprint density at radius 2 is 1.90 bits per heavy atom. The van der Waals surface area contributed by atoms with Crippen molar-refractivity contribution in [3.63, 3.8) is 0 Å². The van der Waals surface area contributed by atoms with Gasteiger partial charge in [-0.3, -0.25) is 9.59 Å². The third-order valence-corrected chi connectivity index (χ3v) is 7.00. The van der Waals surface area contributed by atoms with Crippen LogP contribution in [0.25, 0.3) is 0 Å². The molecular weight excluding hydrogens is 516 g/mol. The molecule has 10 heteroatoms. The normalized spacial score (nSPS) is 21.5. The monoisotopic (exact) mass is 560 g/mol. The largest absolute Gasteiger partial charge is 0.458 e. The Morgan fingerprint density at radius 3 is 2.62 bits per heavy atom. The number of allylic oxidation sites excluding steroid dienone is 2. The summed E-state index contributed by atoms with van der Waals surface area (Å²) in [5.41, 5.74) is 1.11. The van der Waals surface area contributed by atoms with Crippen molar-refractivity contribution in [3.8, 4) is 0 Å². The molecule has 0 radical (unpaired) electrons. The highest BCUT2D eigenvalue weighted by Gasteiger charge is 2.39. The predicted octanol–water partition coefficient (Wildman–Crippen LogP) is 4.08. The van der Waals surface area contributed by atoms with Crippen molar-refractivity contribution in [2.45, 2.75) is 89.4 Å². The number of carbonyl (C=O) groups excluding carboxylic acids is 2. The molecule has 3 N–H and O–H groups in total. The maximum atomic E-state index is 12.5. The Balaban J connectivity index is 1.95. The number of amides is 1. The number of aryl methyl sites for hydroxylation is 1.